The minimum Gasteiger partial charge on any atom is -0.468 e. The fourth-order valence-electron chi connectivity index (χ4n) is 0.998. The van der Waals surface area contributed by atoms with Crippen LogP contribution in [0.2, 0.25) is 0 Å². The number of esters is 1. The maximum Gasteiger partial charge on any atom is 0.322 e. The number of rotatable bonds is 3. The van der Waals surface area contributed by atoms with Crippen molar-refractivity contribution in [2.45, 2.75) is 18.8 Å². The van der Waals surface area contributed by atoms with Crippen LogP contribution < -0.4 is 5.73 Å². The van der Waals surface area contributed by atoms with Crippen LogP contribution in [0.5, 0.6) is 0 Å². The summed E-state index contributed by atoms with van der Waals surface area (Å²) >= 11 is 0. The van der Waals surface area contributed by atoms with Gasteiger partial charge < -0.3 is 19.9 Å². The van der Waals surface area contributed by atoms with Crippen molar-refractivity contribution in [2.75, 3.05) is 20.3 Å². The van der Waals surface area contributed by atoms with E-state index in [-0.39, 0.29) is 6.29 Å². The SMILES string of the molecule is COC(=O)[C@@H](N)CC1OCCO1. The molecule has 0 unspecified atom stereocenters. The van der Waals surface area contributed by atoms with Crippen LogP contribution in [-0.4, -0.2) is 38.6 Å². The molecule has 1 atom stereocenters. The van der Waals surface area contributed by atoms with Gasteiger partial charge in [-0.15, -0.1) is 0 Å². The van der Waals surface area contributed by atoms with Crippen LogP contribution in [0.25, 0.3) is 0 Å². The quantitative estimate of drug-likeness (QED) is 0.571. The molecule has 0 spiro atoms. The Morgan fingerprint density at radius 3 is 2.75 bits per heavy atom. The van der Waals surface area contributed by atoms with E-state index in [1.807, 2.05) is 0 Å². The van der Waals surface area contributed by atoms with Crippen LogP contribution in [-0.2, 0) is 19.0 Å². The smallest absolute Gasteiger partial charge is 0.322 e. The zero-order valence-corrected chi connectivity index (χ0v) is 6.99. The normalized spacial score (nSPS) is 20.8. The van der Waals surface area contributed by atoms with Gasteiger partial charge in [-0.2, -0.15) is 0 Å². The molecule has 1 saturated heterocycles. The summed E-state index contributed by atoms with van der Waals surface area (Å²) in [6.45, 7) is 1.14. The van der Waals surface area contributed by atoms with Crippen molar-refractivity contribution in [1.82, 2.24) is 0 Å². The third-order valence-corrected chi connectivity index (χ3v) is 1.64. The van der Waals surface area contributed by atoms with Gasteiger partial charge in [0, 0.05) is 6.42 Å². The molecular weight excluding hydrogens is 162 g/mol. The van der Waals surface area contributed by atoms with Crippen LogP contribution in [0.4, 0.5) is 0 Å². The molecule has 0 bridgehead atoms. The molecule has 2 N–H and O–H groups in total. The van der Waals surface area contributed by atoms with Crippen LogP contribution in [0.15, 0.2) is 0 Å². The first-order valence-electron chi connectivity index (χ1n) is 3.80. The van der Waals surface area contributed by atoms with Crippen molar-refractivity contribution in [2.24, 2.45) is 5.73 Å². The highest BCUT2D eigenvalue weighted by Crippen LogP contribution is 2.09. The lowest BCUT2D eigenvalue weighted by Gasteiger charge is -2.12. The van der Waals surface area contributed by atoms with E-state index in [2.05, 4.69) is 4.74 Å². The molecule has 1 fully saturated rings. The summed E-state index contributed by atoms with van der Waals surface area (Å²) in [6, 6.07) is -0.655. The van der Waals surface area contributed by atoms with Gasteiger partial charge in [0.1, 0.15) is 6.04 Å². The Kier molecular flexibility index (Phi) is 3.46. The van der Waals surface area contributed by atoms with E-state index in [1.54, 1.807) is 0 Å². The molecule has 0 amide bonds. The average molecular weight is 175 g/mol. The molecule has 5 heteroatoms. The second-order valence-electron chi connectivity index (χ2n) is 2.54. The lowest BCUT2D eigenvalue weighted by atomic mass is 10.2. The Hall–Kier alpha value is -0.650. The van der Waals surface area contributed by atoms with E-state index >= 15 is 0 Å². The molecule has 1 aliphatic rings. The molecule has 0 radical (unpaired) electrons. The van der Waals surface area contributed by atoms with Gasteiger partial charge in [0.05, 0.1) is 20.3 Å². The summed E-state index contributed by atoms with van der Waals surface area (Å²) in [4.78, 5) is 10.8. The molecule has 12 heavy (non-hydrogen) atoms. The minimum atomic E-state index is -0.655. The molecular formula is C7H13NO4. The molecule has 0 aromatic heterocycles. The topological polar surface area (TPSA) is 70.8 Å². The zero-order valence-electron chi connectivity index (χ0n) is 6.99. The first kappa shape index (κ1) is 9.44. The highest BCUT2D eigenvalue weighted by atomic mass is 16.7. The summed E-state index contributed by atoms with van der Waals surface area (Å²) in [5.74, 6) is -0.436. The van der Waals surface area contributed by atoms with Gasteiger partial charge >= 0.3 is 5.97 Å². The van der Waals surface area contributed by atoms with Gasteiger partial charge in [0.2, 0.25) is 0 Å². The van der Waals surface area contributed by atoms with E-state index in [0.29, 0.717) is 19.6 Å². The lowest BCUT2D eigenvalue weighted by molar-refractivity contribution is -0.145. The van der Waals surface area contributed by atoms with Crippen molar-refractivity contribution in [1.29, 1.82) is 0 Å². The summed E-state index contributed by atoms with van der Waals surface area (Å²) in [5.41, 5.74) is 5.47. The number of hydrogen-bond acceptors (Lipinski definition) is 5. The standard InChI is InChI=1S/C7H13NO4/c1-10-7(9)5(8)4-6-11-2-3-12-6/h5-6H,2-4,8H2,1H3/t5-/m0/s1. The maximum absolute atomic E-state index is 10.8. The second kappa shape index (κ2) is 4.39. The predicted molar refractivity (Wildman–Crippen MR) is 40.3 cm³/mol. The molecule has 70 valence electrons. The first-order valence-corrected chi connectivity index (χ1v) is 3.80. The van der Waals surface area contributed by atoms with Gasteiger partial charge in [0.25, 0.3) is 0 Å². The van der Waals surface area contributed by atoms with E-state index < -0.39 is 12.0 Å². The largest absolute Gasteiger partial charge is 0.468 e. The number of nitrogens with two attached hydrogens (primary N) is 1. The van der Waals surface area contributed by atoms with E-state index in [0.717, 1.165) is 0 Å². The lowest BCUT2D eigenvalue weighted by Crippen LogP contribution is -2.35. The van der Waals surface area contributed by atoms with Crippen LogP contribution >= 0.6 is 0 Å². The third-order valence-electron chi connectivity index (χ3n) is 1.64. The second-order valence-corrected chi connectivity index (χ2v) is 2.54. The van der Waals surface area contributed by atoms with Crippen molar-refractivity contribution in [3.05, 3.63) is 0 Å². The Balaban J connectivity index is 2.24. The Labute approximate surface area is 70.8 Å². The fourth-order valence-corrected chi connectivity index (χ4v) is 0.998. The molecule has 5 nitrogen and oxygen atoms in total. The number of carbonyl (C=O) groups is 1. The van der Waals surface area contributed by atoms with Gasteiger partial charge in [-0.25, -0.2) is 0 Å². The summed E-state index contributed by atoms with van der Waals surface area (Å²) in [7, 11) is 1.30. The molecule has 1 aliphatic heterocycles. The van der Waals surface area contributed by atoms with Crippen molar-refractivity contribution in [3.8, 4) is 0 Å². The van der Waals surface area contributed by atoms with Crippen LogP contribution in [0, 0.1) is 0 Å². The van der Waals surface area contributed by atoms with Crippen molar-refractivity contribution in [3.63, 3.8) is 0 Å². The van der Waals surface area contributed by atoms with Gasteiger partial charge in [-0.1, -0.05) is 0 Å². The molecule has 1 heterocycles. The Morgan fingerprint density at radius 2 is 2.25 bits per heavy atom. The molecule has 0 saturated carbocycles. The zero-order chi connectivity index (χ0) is 8.97. The highest BCUT2D eigenvalue weighted by molar-refractivity contribution is 5.75. The van der Waals surface area contributed by atoms with E-state index in [9.17, 15) is 4.79 Å². The van der Waals surface area contributed by atoms with E-state index in [1.165, 1.54) is 7.11 Å². The van der Waals surface area contributed by atoms with Gasteiger partial charge in [-0.3, -0.25) is 4.79 Å². The maximum atomic E-state index is 10.8. The number of hydrogen-bond donors (Lipinski definition) is 1. The summed E-state index contributed by atoms with van der Waals surface area (Å²) < 4.78 is 14.7. The molecule has 0 aromatic carbocycles. The number of carbonyl (C=O) groups excluding carboxylic acids is 1. The average Bonchev–Trinajstić information content (AvgIpc) is 2.55. The minimum absolute atomic E-state index is 0.348. The fraction of sp³-hybridized carbons (Fsp3) is 0.857. The Morgan fingerprint density at radius 1 is 1.67 bits per heavy atom. The summed E-state index contributed by atoms with van der Waals surface area (Å²) in [5, 5.41) is 0. The number of methoxy groups -OCH3 is 1. The third kappa shape index (κ3) is 2.44. The Bertz CT molecular complexity index is 155. The molecule has 0 aliphatic carbocycles. The van der Waals surface area contributed by atoms with Crippen LogP contribution in [0.3, 0.4) is 0 Å². The molecule has 1 rings (SSSR count). The highest BCUT2D eigenvalue weighted by Gasteiger charge is 2.23. The van der Waals surface area contributed by atoms with Gasteiger partial charge in [0.15, 0.2) is 6.29 Å². The molecule has 0 aromatic rings. The van der Waals surface area contributed by atoms with Crippen molar-refractivity contribution >= 4 is 5.97 Å². The van der Waals surface area contributed by atoms with E-state index in [4.69, 9.17) is 15.2 Å². The van der Waals surface area contributed by atoms with Crippen molar-refractivity contribution < 1.29 is 19.0 Å². The number of ether oxygens (including phenoxy) is 3. The predicted octanol–water partition coefficient (Wildman–Crippen LogP) is -0.750. The first-order chi connectivity index (χ1) is 5.74. The van der Waals surface area contributed by atoms with Gasteiger partial charge in [-0.05, 0) is 0 Å². The summed E-state index contributed by atoms with van der Waals surface area (Å²) in [6.07, 6.45) is 0.00579. The van der Waals surface area contributed by atoms with Crippen LogP contribution in [0.1, 0.15) is 6.42 Å². The monoisotopic (exact) mass is 175 g/mol.